The Kier molecular flexibility index (Phi) is 7.81. The van der Waals surface area contributed by atoms with Crippen molar-refractivity contribution in [3.05, 3.63) is 89.5 Å². The van der Waals surface area contributed by atoms with E-state index in [9.17, 15) is 18.0 Å². The number of aryl methyl sites for hydroxylation is 1. The Hall–Kier alpha value is -3.69. The summed E-state index contributed by atoms with van der Waals surface area (Å²) in [6.45, 7) is 1.65. The van der Waals surface area contributed by atoms with Crippen LogP contribution in [-0.4, -0.2) is 26.8 Å². The average molecular weight is 468 g/mol. The quantitative estimate of drug-likeness (QED) is 0.422. The first-order valence-electron chi connectivity index (χ1n) is 10.2. The maximum Gasteiger partial charge on any atom is 0.262 e. The lowest BCUT2D eigenvalue weighted by Gasteiger charge is -2.12. The standard InChI is InChI=1S/C24H25N3O5S/c1-17-13-21(33(30,31)26-15-19-5-3-2-4-6-19)11-12-22(17)32-16-24(29)27-20-9-7-18(8-10-20)14-23(25)28/h2-13,26H,14-16H2,1H3,(H2,25,28)(H,27,29). The largest absolute Gasteiger partial charge is 0.483 e. The van der Waals surface area contributed by atoms with Crippen molar-refractivity contribution < 1.29 is 22.7 Å². The smallest absolute Gasteiger partial charge is 0.262 e. The first-order chi connectivity index (χ1) is 15.7. The number of sulfonamides is 1. The molecule has 0 fully saturated rings. The topological polar surface area (TPSA) is 128 Å². The summed E-state index contributed by atoms with van der Waals surface area (Å²) >= 11 is 0. The zero-order valence-corrected chi connectivity index (χ0v) is 18.9. The molecule has 0 aliphatic rings. The Balaban J connectivity index is 1.55. The molecule has 0 heterocycles. The number of rotatable bonds is 10. The van der Waals surface area contributed by atoms with Crippen molar-refractivity contribution in [2.45, 2.75) is 24.8 Å². The highest BCUT2D eigenvalue weighted by atomic mass is 32.2. The van der Waals surface area contributed by atoms with Gasteiger partial charge in [-0.15, -0.1) is 0 Å². The van der Waals surface area contributed by atoms with Crippen LogP contribution in [0.25, 0.3) is 0 Å². The molecule has 0 saturated heterocycles. The van der Waals surface area contributed by atoms with E-state index in [1.807, 2.05) is 30.3 Å². The van der Waals surface area contributed by atoms with E-state index < -0.39 is 15.9 Å². The van der Waals surface area contributed by atoms with E-state index in [0.717, 1.165) is 11.1 Å². The molecule has 9 heteroatoms. The molecule has 3 rings (SSSR count). The van der Waals surface area contributed by atoms with Gasteiger partial charge in [-0.3, -0.25) is 9.59 Å². The molecule has 2 amide bonds. The SMILES string of the molecule is Cc1cc(S(=O)(=O)NCc2ccccc2)ccc1OCC(=O)Nc1ccc(CC(N)=O)cc1. The van der Waals surface area contributed by atoms with Crippen LogP contribution in [0.4, 0.5) is 5.69 Å². The van der Waals surface area contributed by atoms with E-state index in [1.54, 1.807) is 31.2 Å². The summed E-state index contributed by atoms with van der Waals surface area (Å²) in [6.07, 6.45) is 0.129. The number of carbonyl (C=O) groups excluding carboxylic acids is 2. The predicted molar refractivity (Wildman–Crippen MR) is 125 cm³/mol. The van der Waals surface area contributed by atoms with E-state index in [4.69, 9.17) is 10.5 Å². The minimum Gasteiger partial charge on any atom is -0.483 e. The summed E-state index contributed by atoms with van der Waals surface area (Å²) in [6, 6.07) is 20.4. The van der Waals surface area contributed by atoms with Crippen LogP contribution < -0.4 is 20.5 Å². The first kappa shape index (κ1) is 24.0. The Morgan fingerprint density at radius 3 is 2.27 bits per heavy atom. The molecule has 8 nitrogen and oxygen atoms in total. The van der Waals surface area contributed by atoms with Gasteiger partial charge in [0.05, 0.1) is 11.3 Å². The fourth-order valence-corrected chi connectivity index (χ4v) is 4.16. The highest BCUT2D eigenvalue weighted by Crippen LogP contribution is 2.22. The van der Waals surface area contributed by atoms with Gasteiger partial charge < -0.3 is 15.8 Å². The van der Waals surface area contributed by atoms with Crippen molar-refractivity contribution >= 4 is 27.5 Å². The summed E-state index contributed by atoms with van der Waals surface area (Å²) in [5, 5.41) is 2.69. The molecule has 0 spiro atoms. The number of hydrogen-bond donors (Lipinski definition) is 3. The molecular weight excluding hydrogens is 442 g/mol. The first-order valence-corrected chi connectivity index (χ1v) is 11.7. The Morgan fingerprint density at radius 2 is 1.64 bits per heavy atom. The predicted octanol–water partition coefficient (Wildman–Crippen LogP) is 2.52. The molecular formula is C24H25N3O5S. The second kappa shape index (κ2) is 10.8. The van der Waals surface area contributed by atoms with Crippen molar-refractivity contribution in [3.63, 3.8) is 0 Å². The van der Waals surface area contributed by atoms with E-state index in [2.05, 4.69) is 10.0 Å². The van der Waals surface area contributed by atoms with Crippen LogP contribution >= 0.6 is 0 Å². The fraction of sp³-hybridized carbons (Fsp3) is 0.167. The molecule has 33 heavy (non-hydrogen) atoms. The molecule has 0 unspecified atom stereocenters. The van der Waals surface area contributed by atoms with Gasteiger partial charge in [0.15, 0.2) is 6.61 Å². The third kappa shape index (κ3) is 7.16. The monoisotopic (exact) mass is 467 g/mol. The number of ether oxygens (including phenoxy) is 1. The van der Waals surface area contributed by atoms with Gasteiger partial charge in [0, 0.05) is 12.2 Å². The summed E-state index contributed by atoms with van der Waals surface area (Å²) in [5.74, 6) is -0.399. The molecule has 0 radical (unpaired) electrons. The maximum atomic E-state index is 12.6. The van der Waals surface area contributed by atoms with E-state index in [1.165, 1.54) is 18.2 Å². The average Bonchev–Trinajstić information content (AvgIpc) is 2.78. The summed E-state index contributed by atoms with van der Waals surface area (Å²) in [5.41, 5.74) is 7.90. The van der Waals surface area contributed by atoms with Gasteiger partial charge in [-0.1, -0.05) is 42.5 Å². The molecule has 0 aliphatic heterocycles. The molecule has 3 aromatic rings. The van der Waals surface area contributed by atoms with Crippen molar-refractivity contribution in [1.82, 2.24) is 4.72 Å². The van der Waals surface area contributed by atoms with Gasteiger partial charge in [0.2, 0.25) is 15.9 Å². The molecule has 4 N–H and O–H groups in total. The highest BCUT2D eigenvalue weighted by molar-refractivity contribution is 7.89. The van der Waals surface area contributed by atoms with Crippen molar-refractivity contribution in [3.8, 4) is 5.75 Å². The van der Waals surface area contributed by atoms with Gasteiger partial charge in [-0.25, -0.2) is 13.1 Å². The Morgan fingerprint density at radius 1 is 0.939 bits per heavy atom. The third-order valence-electron chi connectivity index (χ3n) is 4.74. The molecule has 0 saturated carbocycles. The molecule has 0 aliphatic carbocycles. The fourth-order valence-electron chi connectivity index (χ4n) is 3.06. The van der Waals surface area contributed by atoms with Gasteiger partial charge in [-0.2, -0.15) is 0 Å². The van der Waals surface area contributed by atoms with E-state index in [0.29, 0.717) is 17.0 Å². The lowest BCUT2D eigenvalue weighted by molar-refractivity contribution is -0.118. The number of amides is 2. The van der Waals surface area contributed by atoms with Crippen molar-refractivity contribution in [1.29, 1.82) is 0 Å². The van der Waals surface area contributed by atoms with Gasteiger partial charge in [0.1, 0.15) is 5.75 Å². The molecule has 0 atom stereocenters. The van der Waals surface area contributed by atoms with Crippen molar-refractivity contribution in [2.75, 3.05) is 11.9 Å². The minimum absolute atomic E-state index is 0.115. The zero-order valence-electron chi connectivity index (χ0n) is 18.1. The zero-order chi connectivity index (χ0) is 23.8. The van der Waals surface area contributed by atoms with Gasteiger partial charge in [0.25, 0.3) is 5.91 Å². The van der Waals surface area contributed by atoms with Crippen molar-refractivity contribution in [2.24, 2.45) is 5.73 Å². The maximum absolute atomic E-state index is 12.6. The summed E-state index contributed by atoms with van der Waals surface area (Å²) in [7, 11) is -3.69. The molecule has 0 bridgehead atoms. The summed E-state index contributed by atoms with van der Waals surface area (Å²) in [4.78, 5) is 23.2. The van der Waals surface area contributed by atoms with E-state index >= 15 is 0 Å². The van der Waals surface area contributed by atoms with Crippen LogP contribution in [0.1, 0.15) is 16.7 Å². The minimum atomic E-state index is -3.69. The van der Waals surface area contributed by atoms with Gasteiger partial charge in [-0.05, 0) is 53.9 Å². The number of primary amides is 1. The number of hydrogen-bond acceptors (Lipinski definition) is 5. The van der Waals surface area contributed by atoms with Crippen LogP contribution in [0.2, 0.25) is 0 Å². The van der Waals surface area contributed by atoms with Gasteiger partial charge >= 0.3 is 0 Å². The van der Waals surface area contributed by atoms with Crippen LogP contribution in [0.15, 0.2) is 77.7 Å². The summed E-state index contributed by atoms with van der Waals surface area (Å²) < 4.78 is 33.3. The van der Waals surface area contributed by atoms with Crippen LogP contribution in [0.5, 0.6) is 5.75 Å². The number of benzene rings is 3. The van der Waals surface area contributed by atoms with Crippen LogP contribution in [0, 0.1) is 6.92 Å². The lowest BCUT2D eigenvalue weighted by Crippen LogP contribution is -2.23. The molecule has 3 aromatic carbocycles. The molecule has 172 valence electrons. The van der Waals surface area contributed by atoms with Crippen LogP contribution in [0.3, 0.4) is 0 Å². The molecule has 0 aromatic heterocycles. The van der Waals surface area contributed by atoms with E-state index in [-0.39, 0.29) is 30.4 Å². The second-order valence-electron chi connectivity index (χ2n) is 7.41. The number of nitrogens with one attached hydrogen (secondary N) is 2. The second-order valence-corrected chi connectivity index (χ2v) is 9.18. The number of carbonyl (C=O) groups is 2. The number of nitrogens with two attached hydrogens (primary N) is 1. The third-order valence-corrected chi connectivity index (χ3v) is 6.14. The Labute approximate surface area is 192 Å². The highest BCUT2D eigenvalue weighted by Gasteiger charge is 2.16. The lowest BCUT2D eigenvalue weighted by atomic mass is 10.1. The normalized spacial score (nSPS) is 11.1. The van der Waals surface area contributed by atoms with Crippen LogP contribution in [-0.2, 0) is 32.6 Å². The number of anilines is 1. The Bertz CT molecular complexity index is 1230.